The molecule has 0 bridgehead atoms. The second-order valence-electron chi connectivity index (χ2n) is 11.5. The van der Waals surface area contributed by atoms with E-state index in [4.69, 9.17) is 0 Å². The predicted octanol–water partition coefficient (Wildman–Crippen LogP) is 6.03. The van der Waals surface area contributed by atoms with Gasteiger partial charge in [0.15, 0.2) is 0 Å². The number of aliphatic hydroxyl groups excluding tert-OH is 2. The lowest BCUT2D eigenvalue weighted by Crippen LogP contribution is -2.58. The Balaban J connectivity index is 2.00. The molecule has 0 amide bonds. The normalized spacial score (nSPS) is 45.6. The minimum atomic E-state index is -0.362. The Morgan fingerprint density at radius 1 is 0.889 bits per heavy atom. The molecule has 154 valence electrons. The van der Waals surface area contributed by atoms with Crippen LogP contribution in [0.1, 0.15) is 92.9 Å². The Morgan fingerprint density at radius 3 is 2.22 bits per heavy atom. The number of fused-ring (bicyclic) bond motifs is 3. The fourth-order valence-corrected chi connectivity index (χ4v) is 6.43. The molecular weight excluding hydrogens is 332 g/mol. The monoisotopic (exact) mass is 374 g/mol. The van der Waals surface area contributed by atoms with E-state index in [9.17, 15) is 10.2 Å². The van der Waals surface area contributed by atoms with E-state index in [1.165, 1.54) is 30.4 Å². The smallest absolute Gasteiger partial charge is 0.0760 e. The summed E-state index contributed by atoms with van der Waals surface area (Å²) >= 11 is 0. The standard InChI is InChI=1S/C25H42O2/c1-17-7-8-20-21-22(27)23(3,4)11-12-25(21,6)14-13-24(20,5)10-9-18(2)16-19(26)15-17/h9,15,19-22,26-27H,7-8,10-14,16H2,1-6H3. The van der Waals surface area contributed by atoms with Crippen molar-refractivity contribution < 1.29 is 10.2 Å². The highest BCUT2D eigenvalue weighted by molar-refractivity contribution is 5.14. The van der Waals surface area contributed by atoms with Crippen molar-refractivity contribution in [1.29, 1.82) is 0 Å². The van der Waals surface area contributed by atoms with Gasteiger partial charge in [0.2, 0.25) is 0 Å². The minimum Gasteiger partial charge on any atom is -0.392 e. The van der Waals surface area contributed by atoms with Crippen molar-refractivity contribution in [2.45, 2.75) is 105 Å². The summed E-state index contributed by atoms with van der Waals surface area (Å²) in [6.07, 6.45) is 12.7. The van der Waals surface area contributed by atoms with Crippen LogP contribution in [0.25, 0.3) is 0 Å². The van der Waals surface area contributed by atoms with Crippen LogP contribution in [0.5, 0.6) is 0 Å². The van der Waals surface area contributed by atoms with Crippen LogP contribution >= 0.6 is 0 Å². The molecule has 0 spiro atoms. The number of aliphatic hydroxyl groups is 2. The zero-order chi connectivity index (χ0) is 20.0. The van der Waals surface area contributed by atoms with Crippen LogP contribution < -0.4 is 0 Å². The molecule has 0 aromatic heterocycles. The van der Waals surface area contributed by atoms with E-state index in [-0.39, 0.29) is 28.5 Å². The third kappa shape index (κ3) is 4.08. The molecule has 6 unspecified atom stereocenters. The van der Waals surface area contributed by atoms with Crippen molar-refractivity contribution in [3.63, 3.8) is 0 Å². The Hall–Kier alpha value is -0.600. The topological polar surface area (TPSA) is 40.5 Å². The van der Waals surface area contributed by atoms with Crippen LogP contribution in [-0.4, -0.2) is 22.4 Å². The highest BCUT2D eigenvalue weighted by atomic mass is 16.3. The number of allylic oxidation sites excluding steroid dienone is 2. The van der Waals surface area contributed by atoms with Crippen molar-refractivity contribution in [3.05, 3.63) is 23.3 Å². The average molecular weight is 375 g/mol. The van der Waals surface area contributed by atoms with Gasteiger partial charge < -0.3 is 10.2 Å². The molecule has 2 N–H and O–H groups in total. The van der Waals surface area contributed by atoms with Gasteiger partial charge in [-0.2, -0.15) is 0 Å². The first kappa shape index (κ1) is 21.1. The molecule has 27 heavy (non-hydrogen) atoms. The summed E-state index contributed by atoms with van der Waals surface area (Å²) in [4.78, 5) is 0. The van der Waals surface area contributed by atoms with Gasteiger partial charge in [-0.05, 0) is 93.3 Å². The fourth-order valence-electron chi connectivity index (χ4n) is 6.43. The third-order valence-corrected chi connectivity index (χ3v) is 8.66. The molecule has 2 heteroatoms. The highest BCUT2D eigenvalue weighted by Crippen LogP contribution is 2.63. The lowest BCUT2D eigenvalue weighted by molar-refractivity contribution is -0.169. The van der Waals surface area contributed by atoms with Crippen molar-refractivity contribution >= 4 is 0 Å². The van der Waals surface area contributed by atoms with E-state index in [2.05, 4.69) is 53.7 Å². The molecule has 0 aliphatic heterocycles. The first-order valence-electron chi connectivity index (χ1n) is 11.2. The molecule has 2 saturated carbocycles. The van der Waals surface area contributed by atoms with Crippen molar-refractivity contribution in [3.8, 4) is 0 Å². The molecule has 0 aromatic rings. The average Bonchev–Trinajstić information content (AvgIpc) is 2.59. The summed E-state index contributed by atoms with van der Waals surface area (Å²) in [5, 5.41) is 21.9. The van der Waals surface area contributed by atoms with Crippen LogP contribution in [0.4, 0.5) is 0 Å². The molecule has 3 rings (SSSR count). The quantitative estimate of drug-likeness (QED) is 0.508. The second-order valence-corrected chi connectivity index (χ2v) is 11.5. The van der Waals surface area contributed by atoms with Gasteiger partial charge in [0.25, 0.3) is 0 Å². The maximum Gasteiger partial charge on any atom is 0.0760 e. The summed E-state index contributed by atoms with van der Waals surface area (Å²) in [5.74, 6) is 0.917. The van der Waals surface area contributed by atoms with Gasteiger partial charge >= 0.3 is 0 Å². The highest BCUT2D eigenvalue weighted by Gasteiger charge is 2.58. The first-order chi connectivity index (χ1) is 12.5. The number of rotatable bonds is 0. The van der Waals surface area contributed by atoms with Crippen LogP contribution in [0.15, 0.2) is 23.3 Å². The van der Waals surface area contributed by atoms with Gasteiger partial charge in [0.05, 0.1) is 12.2 Å². The van der Waals surface area contributed by atoms with Crippen LogP contribution in [0.2, 0.25) is 0 Å². The Labute approximate surface area is 167 Å². The summed E-state index contributed by atoms with van der Waals surface area (Å²) in [6, 6.07) is 0. The predicted molar refractivity (Wildman–Crippen MR) is 113 cm³/mol. The molecular formula is C25H42O2. The molecule has 0 saturated heterocycles. The van der Waals surface area contributed by atoms with Gasteiger partial charge in [0.1, 0.15) is 0 Å². The lowest BCUT2D eigenvalue weighted by Gasteiger charge is -2.61. The molecule has 3 aliphatic carbocycles. The molecule has 6 atom stereocenters. The fraction of sp³-hybridized carbons (Fsp3) is 0.840. The Morgan fingerprint density at radius 2 is 1.52 bits per heavy atom. The number of hydrogen-bond acceptors (Lipinski definition) is 2. The van der Waals surface area contributed by atoms with Crippen LogP contribution in [0.3, 0.4) is 0 Å². The zero-order valence-electron chi connectivity index (χ0n) is 18.5. The van der Waals surface area contributed by atoms with Crippen molar-refractivity contribution in [2.24, 2.45) is 28.1 Å². The van der Waals surface area contributed by atoms with E-state index in [0.717, 1.165) is 32.1 Å². The van der Waals surface area contributed by atoms with E-state index in [1.54, 1.807) is 0 Å². The summed E-state index contributed by atoms with van der Waals surface area (Å²) < 4.78 is 0. The maximum absolute atomic E-state index is 11.5. The Bertz CT molecular complexity index is 616. The largest absolute Gasteiger partial charge is 0.392 e. The summed E-state index contributed by atoms with van der Waals surface area (Å²) in [5.41, 5.74) is 3.13. The summed E-state index contributed by atoms with van der Waals surface area (Å²) in [7, 11) is 0. The molecule has 0 aromatic carbocycles. The maximum atomic E-state index is 11.5. The molecule has 0 radical (unpaired) electrons. The third-order valence-electron chi connectivity index (χ3n) is 8.66. The van der Waals surface area contributed by atoms with Gasteiger partial charge in [-0.15, -0.1) is 0 Å². The SMILES string of the molecule is CC1=CC(O)CC(C)=CCC2(C)CCC3(C)CCC(C)(C)C(O)C3C2CC1. The van der Waals surface area contributed by atoms with Crippen LogP contribution in [0, 0.1) is 28.1 Å². The van der Waals surface area contributed by atoms with Crippen molar-refractivity contribution in [1.82, 2.24) is 0 Å². The van der Waals surface area contributed by atoms with Gasteiger partial charge in [0, 0.05) is 0 Å². The molecule has 2 nitrogen and oxygen atoms in total. The van der Waals surface area contributed by atoms with Gasteiger partial charge in [-0.1, -0.05) is 51.0 Å². The van der Waals surface area contributed by atoms with E-state index in [1.807, 2.05) is 0 Å². The summed E-state index contributed by atoms with van der Waals surface area (Å²) in [6.45, 7) is 13.8. The minimum absolute atomic E-state index is 0.0153. The Kier molecular flexibility index (Phi) is 5.74. The van der Waals surface area contributed by atoms with E-state index in [0.29, 0.717) is 11.8 Å². The van der Waals surface area contributed by atoms with Gasteiger partial charge in [-0.25, -0.2) is 0 Å². The molecule has 3 aliphatic rings. The van der Waals surface area contributed by atoms with E-state index < -0.39 is 0 Å². The second kappa shape index (κ2) is 7.34. The molecule has 2 fully saturated rings. The van der Waals surface area contributed by atoms with Gasteiger partial charge in [-0.3, -0.25) is 0 Å². The van der Waals surface area contributed by atoms with Crippen molar-refractivity contribution in [2.75, 3.05) is 0 Å². The van der Waals surface area contributed by atoms with Crippen LogP contribution in [-0.2, 0) is 0 Å². The zero-order valence-corrected chi connectivity index (χ0v) is 18.5. The first-order valence-corrected chi connectivity index (χ1v) is 11.2. The van der Waals surface area contributed by atoms with E-state index >= 15 is 0 Å². The lowest BCUT2D eigenvalue weighted by atomic mass is 9.44. The molecule has 0 heterocycles. The number of hydrogen-bond donors (Lipinski definition) is 2.